The number of fused-ring (bicyclic) bond motifs is 1. The summed E-state index contributed by atoms with van der Waals surface area (Å²) in [7, 11) is 0. The molecule has 0 atom stereocenters. The summed E-state index contributed by atoms with van der Waals surface area (Å²) in [4.78, 5) is 6.87. The molecule has 1 aromatic carbocycles. The molecule has 0 amide bonds. The summed E-state index contributed by atoms with van der Waals surface area (Å²) < 4.78 is 11.3. The van der Waals surface area contributed by atoms with Crippen molar-refractivity contribution in [1.29, 1.82) is 0 Å². The van der Waals surface area contributed by atoms with E-state index in [0.717, 1.165) is 36.7 Å². The van der Waals surface area contributed by atoms with Crippen molar-refractivity contribution < 1.29 is 9.47 Å². The summed E-state index contributed by atoms with van der Waals surface area (Å²) in [5.74, 6) is 1.98. The van der Waals surface area contributed by atoms with Crippen LogP contribution in [0.25, 0.3) is 0 Å². The first-order valence-corrected chi connectivity index (χ1v) is 8.50. The van der Waals surface area contributed by atoms with Crippen LogP contribution in [-0.4, -0.2) is 50.3 Å². The highest BCUT2D eigenvalue weighted by Gasteiger charge is 2.11. The molecule has 1 saturated heterocycles. The molecule has 0 saturated carbocycles. The van der Waals surface area contributed by atoms with Gasteiger partial charge in [0, 0.05) is 24.7 Å². The lowest BCUT2D eigenvalue weighted by atomic mass is 10.1. The van der Waals surface area contributed by atoms with E-state index in [2.05, 4.69) is 15.2 Å². The summed E-state index contributed by atoms with van der Waals surface area (Å²) in [5, 5.41) is 3.12. The minimum absolute atomic E-state index is 0. The molecule has 0 aromatic heterocycles. The van der Waals surface area contributed by atoms with Crippen molar-refractivity contribution in [2.45, 2.75) is 25.7 Å². The van der Waals surface area contributed by atoms with E-state index < -0.39 is 0 Å². The SMILES string of the molecule is I.NC(=NCCN1CCCCC1)Nc1ccc2c(c1)OCCCO2. The zero-order chi connectivity index (χ0) is 15.9. The molecule has 7 heteroatoms. The van der Waals surface area contributed by atoms with Gasteiger partial charge in [0.2, 0.25) is 0 Å². The smallest absolute Gasteiger partial charge is 0.193 e. The Morgan fingerprint density at radius 3 is 2.62 bits per heavy atom. The molecule has 2 aliphatic rings. The molecule has 0 bridgehead atoms. The highest BCUT2D eigenvalue weighted by Crippen LogP contribution is 2.32. The van der Waals surface area contributed by atoms with Crippen LogP contribution in [0.15, 0.2) is 23.2 Å². The van der Waals surface area contributed by atoms with Crippen molar-refractivity contribution in [3.63, 3.8) is 0 Å². The van der Waals surface area contributed by atoms with Crippen LogP contribution < -0.4 is 20.5 Å². The molecule has 0 radical (unpaired) electrons. The molecule has 6 nitrogen and oxygen atoms in total. The van der Waals surface area contributed by atoms with Crippen LogP contribution in [0.5, 0.6) is 11.5 Å². The van der Waals surface area contributed by atoms with Gasteiger partial charge in [-0.05, 0) is 38.1 Å². The average Bonchev–Trinajstić information content (AvgIpc) is 2.81. The van der Waals surface area contributed by atoms with Gasteiger partial charge in [-0.15, -0.1) is 24.0 Å². The van der Waals surface area contributed by atoms with Crippen LogP contribution in [0.4, 0.5) is 5.69 Å². The van der Waals surface area contributed by atoms with Gasteiger partial charge in [-0.25, -0.2) is 0 Å². The van der Waals surface area contributed by atoms with Gasteiger partial charge in [-0.3, -0.25) is 4.99 Å². The predicted octanol–water partition coefficient (Wildman–Crippen LogP) is 2.68. The average molecular weight is 446 g/mol. The molecule has 24 heavy (non-hydrogen) atoms. The number of nitrogens with zero attached hydrogens (tertiary/aromatic N) is 2. The van der Waals surface area contributed by atoms with E-state index in [1.54, 1.807) is 0 Å². The van der Waals surface area contributed by atoms with Crippen LogP contribution >= 0.6 is 24.0 Å². The third-order valence-electron chi connectivity index (χ3n) is 4.17. The fraction of sp³-hybridized carbons (Fsp3) is 0.588. The Balaban J connectivity index is 0.00000208. The quantitative estimate of drug-likeness (QED) is 0.423. The second-order valence-electron chi connectivity index (χ2n) is 6.01. The highest BCUT2D eigenvalue weighted by molar-refractivity contribution is 14.0. The second-order valence-corrected chi connectivity index (χ2v) is 6.01. The Labute approximate surface area is 160 Å². The van der Waals surface area contributed by atoms with E-state index in [1.165, 1.54) is 32.4 Å². The number of piperidine rings is 1. The number of benzene rings is 1. The number of halogens is 1. The lowest BCUT2D eigenvalue weighted by molar-refractivity contribution is 0.235. The zero-order valence-corrected chi connectivity index (χ0v) is 16.3. The van der Waals surface area contributed by atoms with E-state index in [-0.39, 0.29) is 24.0 Å². The van der Waals surface area contributed by atoms with Crippen molar-refractivity contribution in [2.75, 3.05) is 44.7 Å². The Bertz CT molecular complexity index is 547. The molecule has 0 spiro atoms. The number of likely N-dealkylation sites (tertiary alicyclic amines) is 1. The van der Waals surface area contributed by atoms with Crippen molar-refractivity contribution >= 4 is 35.6 Å². The molecule has 1 fully saturated rings. The van der Waals surface area contributed by atoms with Gasteiger partial charge >= 0.3 is 0 Å². The van der Waals surface area contributed by atoms with E-state index in [1.807, 2.05) is 18.2 Å². The van der Waals surface area contributed by atoms with Crippen molar-refractivity contribution in [1.82, 2.24) is 4.90 Å². The first-order valence-electron chi connectivity index (χ1n) is 8.50. The molecule has 0 aliphatic carbocycles. The minimum Gasteiger partial charge on any atom is -0.490 e. The third kappa shape index (κ3) is 5.70. The van der Waals surface area contributed by atoms with Crippen LogP contribution in [0, 0.1) is 0 Å². The summed E-state index contributed by atoms with van der Waals surface area (Å²) in [6.07, 6.45) is 4.86. The van der Waals surface area contributed by atoms with Gasteiger partial charge in [0.25, 0.3) is 0 Å². The van der Waals surface area contributed by atoms with Gasteiger partial charge in [0.1, 0.15) is 0 Å². The Kier molecular flexibility index (Phi) is 7.90. The van der Waals surface area contributed by atoms with Crippen molar-refractivity contribution in [2.24, 2.45) is 10.7 Å². The normalized spacial score (nSPS) is 18.4. The number of nitrogens with one attached hydrogen (secondary N) is 1. The third-order valence-corrected chi connectivity index (χ3v) is 4.17. The summed E-state index contributed by atoms with van der Waals surface area (Å²) in [6.45, 7) is 5.44. The number of aliphatic imine (C=N–C) groups is 1. The molecule has 1 aromatic rings. The molecule has 2 heterocycles. The highest BCUT2D eigenvalue weighted by atomic mass is 127. The fourth-order valence-corrected chi connectivity index (χ4v) is 2.92. The Morgan fingerprint density at radius 1 is 1.08 bits per heavy atom. The molecule has 134 valence electrons. The van der Waals surface area contributed by atoms with Crippen molar-refractivity contribution in [3.05, 3.63) is 18.2 Å². The molecule has 3 rings (SSSR count). The molecule has 2 aliphatic heterocycles. The molecule has 3 N–H and O–H groups in total. The molecular weight excluding hydrogens is 419 g/mol. The standard InChI is InChI=1S/C17H26N4O2.HI/c18-17(19-7-10-21-8-2-1-3-9-21)20-14-5-6-15-16(13-14)23-12-4-11-22-15;/h5-6,13H,1-4,7-12H2,(H3,18,19,20);1H. The van der Waals surface area contributed by atoms with Crippen molar-refractivity contribution in [3.8, 4) is 11.5 Å². The van der Waals surface area contributed by atoms with Gasteiger partial charge in [-0.2, -0.15) is 0 Å². The summed E-state index contributed by atoms with van der Waals surface area (Å²) >= 11 is 0. The number of nitrogens with two attached hydrogens (primary N) is 1. The summed E-state index contributed by atoms with van der Waals surface area (Å²) in [5.41, 5.74) is 6.85. The minimum atomic E-state index is 0. The Hall–Kier alpha value is -1.22. The fourth-order valence-electron chi connectivity index (χ4n) is 2.92. The monoisotopic (exact) mass is 446 g/mol. The maximum Gasteiger partial charge on any atom is 0.193 e. The van der Waals surface area contributed by atoms with Crippen LogP contribution in [0.3, 0.4) is 0 Å². The largest absolute Gasteiger partial charge is 0.490 e. The van der Waals surface area contributed by atoms with E-state index in [9.17, 15) is 0 Å². The second kappa shape index (κ2) is 9.93. The molecule has 0 unspecified atom stereocenters. The number of guanidine groups is 1. The van der Waals surface area contributed by atoms with Gasteiger partial charge in [0.05, 0.1) is 19.8 Å². The maximum atomic E-state index is 5.98. The van der Waals surface area contributed by atoms with E-state index >= 15 is 0 Å². The van der Waals surface area contributed by atoms with Gasteiger partial charge in [-0.1, -0.05) is 6.42 Å². The van der Waals surface area contributed by atoms with Crippen LogP contribution in [0.1, 0.15) is 25.7 Å². The zero-order valence-electron chi connectivity index (χ0n) is 14.0. The first kappa shape index (κ1) is 19.1. The van der Waals surface area contributed by atoms with Crippen LogP contribution in [-0.2, 0) is 0 Å². The number of hydrogen-bond acceptors (Lipinski definition) is 4. The van der Waals surface area contributed by atoms with Gasteiger partial charge < -0.3 is 25.4 Å². The number of hydrogen-bond donors (Lipinski definition) is 2. The lowest BCUT2D eigenvalue weighted by Crippen LogP contribution is -2.32. The number of rotatable bonds is 4. The number of ether oxygens (including phenoxy) is 2. The van der Waals surface area contributed by atoms with E-state index in [0.29, 0.717) is 19.2 Å². The Morgan fingerprint density at radius 2 is 1.83 bits per heavy atom. The maximum absolute atomic E-state index is 5.98. The predicted molar refractivity (Wildman–Crippen MR) is 108 cm³/mol. The van der Waals surface area contributed by atoms with E-state index in [4.69, 9.17) is 15.2 Å². The molecular formula is C17H27IN4O2. The summed E-state index contributed by atoms with van der Waals surface area (Å²) in [6, 6.07) is 5.75. The lowest BCUT2D eigenvalue weighted by Gasteiger charge is -2.25. The number of anilines is 1. The van der Waals surface area contributed by atoms with Gasteiger partial charge in [0.15, 0.2) is 17.5 Å². The topological polar surface area (TPSA) is 72.1 Å². The van der Waals surface area contributed by atoms with Crippen LogP contribution in [0.2, 0.25) is 0 Å². The first-order chi connectivity index (χ1) is 11.3.